The lowest BCUT2D eigenvalue weighted by molar-refractivity contribution is 0.0980. The van der Waals surface area contributed by atoms with Crippen molar-refractivity contribution in [1.82, 2.24) is 24.5 Å². The zero-order chi connectivity index (χ0) is 40.6. The van der Waals surface area contributed by atoms with Gasteiger partial charge in [-0.05, 0) is 67.7 Å². The van der Waals surface area contributed by atoms with Crippen LogP contribution in [0.15, 0.2) is 58.1 Å². The number of hydrogen-bond acceptors (Lipinski definition) is 11. The molecule has 8 rings (SSSR count). The second-order valence-corrected chi connectivity index (χ2v) is 19.0. The van der Waals surface area contributed by atoms with Crippen molar-refractivity contribution in [3.8, 4) is 44.0 Å². The second kappa shape index (κ2) is 17.8. The summed E-state index contributed by atoms with van der Waals surface area (Å²) in [5.74, 6) is 1.19. The van der Waals surface area contributed by atoms with Gasteiger partial charge >= 0.3 is 10.1 Å². The van der Waals surface area contributed by atoms with E-state index in [2.05, 4.69) is 11.9 Å². The first-order valence-electron chi connectivity index (χ1n) is 18.4. The van der Waals surface area contributed by atoms with Crippen LogP contribution >= 0.6 is 69.1 Å². The van der Waals surface area contributed by atoms with E-state index in [-0.39, 0.29) is 17.4 Å². The molecule has 4 aromatic heterocycles. The molecule has 19 heteroatoms. The van der Waals surface area contributed by atoms with Crippen LogP contribution in [0.4, 0.5) is 0 Å². The molecule has 6 aromatic rings. The molecule has 2 aliphatic rings. The Bertz CT molecular complexity index is 2570. The summed E-state index contributed by atoms with van der Waals surface area (Å²) in [6, 6.07) is 13.8. The Hall–Kier alpha value is -3.19. The highest BCUT2D eigenvalue weighted by Crippen LogP contribution is 2.46. The average molecular weight is 926 g/mol. The van der Waals surface area contributed by atoms with Crippen molar-refractivity contribution in [3.63, 3.8) is 0 Å². The normalized spacial score (nSPS) is 13.6. The maximum absolute atomic E-state index is 12.0. The minimum absolute atomic E-state index is 0.219. The smallest absolute Gasteiger partial charge is 0.304 e. The Morgan fingerprint density at radius 1 is 0.776 bits per heavy atom. The second-order valence-electron chi connectivity index (χ2n) is 13.7. The molecule has 2 aliphatic heterocycles. The van der Waals surface area contributed by atoms with E-state index in [1.165, 1.54) is 6.07 Å². The minimum atomic E-state index is -4.45. The van der Waals surface area contributed by atoms with Gasteiger partial charge in [0.05, 0.1) is 80.4 Å². The molecule has 58 heavy (non-hydrogen) atoms. The van der Waals surface area contributed by atoms with E-state index >= 15 is 0 Å². The predicted molar refractivity (Wildman–Crippen MR) is 228 cm³/mol. The van der Waals surface area contributed by atoms with Crippen LogP contribution in [0, 0.1) is 0 Å². The third-order valence-corrected chi connectivity index (χ3v) is 14.2. The molecule has 0 bridgehead atoms. The van der Waals surface area contributed by atoms with Crippen molar-refractivity contribution in [2.24, 2.45) is 0 Å². The molecule has 1 N–H and O–H groups in total. The summed E-state index contributed by atoms with van der Waals surface area (Å²) in [4.78, 5) is 3.78. The van der Waals surface area contributed by atoms with Crippen LogP contribution < -0.4 is 9.47 Å². The quantitative estimate of drug-likeness (QED) is 0.0785. The SMILES string of the molecule is CN(CCCOCc1nn(-c2ccc(Cl)cc2Cl)c2c1CCOc1ccsc1-2)CCCOCc1nn(-c2ccc(Cl)cc2Cl)c2c1CCOc1cc(S(=O)(=O)O)sc1-2. The van der Waals surface area contributed by atoms with Crippen LogP contribution in [0.5, 0.6) is 11.5 Å². The van der Waals surface area contributed by atoms with Crippen LogP contribution in [0.2, 0.25) is 20.1 Å². The Morgan fingerprint density at radius 2 is 1.31 bits per heavy atom. The first-order valence-corrected chi connectivity index (χ1v) is 23.0. The minimum Gasteiger partial charge on any atom is -0.492 e. The van der Waals surface area contributed by atoms with Crippen molar-refractivity contribution >= 4 is 79.2 Å². The fourth-order valence-electron chi connectivity index (χ4n) is 7.05. The summed E-state index contributed by atoms with van der Waals surface area (Å²) in [5, 5.41) is 13.8. The van der Waals surface area contributed by atoms with Crippen molar-refractivity contribution < 1.29 is 31.9 Å². The largest absolute Gasteiger partial charge is 0.492 e. The van der Waals surface area contributed by atoms with Crippen molar-refractivity contribution in [2.45, 2.75) is 43.1 Å². The first kappa shape index (κ1) is 41.5. The van der Waals surface area contributed by atoms with E-state index in [1.54, 1.807) is 40.3 Å². The third-order valence-electron chi connectivity index (χ3n) is 9.75. The number of aromatic nitrogens is 4. The van der Waals surface area contributed by atoms with Gasteiger partial charge in [-0.15, -0.1) is 22.7 Å². The number of halogens is 4. The molecular formula is C39H37Cl4N5O7S3. The average Bonchev–Trinajstić information content (AvgIpc) is 3.92. The molecule has 6 heterocycles. The Morgan fingerprint density at radius 3 is 1.84 bits per heavy atom. The van der Waals surface area contributed by atoms with Crippen molar-refractivity contribution in [2.75, 3.05) is 46.6 Å². The number of benzene rings is 2. The van der Waals surface area contributed by atoms with Crippen LogP contribution in [0.25, 0.3) is 32.5 Å². The molecule has 2 aromatic carbocycles. The van der Waals surface area contributed by atoms with Gasteiger partial charge in [0.1, 0.15) is 11.5 Å². The van der Waals surface area contributed by atoms with Gasteiger partial charge in [0.25, 0.3) is 0 Å². The van der Waals surface area contributed by atoms with Gasteiger partial charge in [0.15, 0.2) is 4.21 Å². The highest BCUT2D eigenvalue weighted by Gasteiger charge is 2.31. The number of rotatable bonds is 15. The van der Waals surface area contributed by atoms with E-state index in [9.17, 15) is 13.0 Å². The Kier molecular flexibility index (Phi) is 12.8. The van der Waals surface area contributed by atoms with E-state index < -0.39 is 10.1 Å². The van der Waals surface area contributed by atoms with Gasteiger partial charge in [-0.25, -0.2) is 9.36 Å². The summed E-state index contributed by atoms with van der Waals surface area (Å²) in [6.07, 6.45) is 2.85. The fourth-order valence-corrected chi connectivity index (χ4v) is 10.7. The van der Waals surface area contributed by atoms with Crippen molar-refractivity contribution in [3.05, 3.63) is 96.5 Å². The van der Waals surface area contributed by atoms with E-state index in [0.717, 1.165) is 76.1 Å². The topological polar surface area (TPSA) is 130 Å². The summed E-state index contributed by atoms with van der Waals surface area (Å²) in [6.45, 7) is 4.16. The van der Waals surface area contributed by atoms with Gasteiger partial charge in [0.2, 0.25) is 0 Å². The molecule has 0 amide bonds. The lowest BCUT2D eigenvalue weighted by atomic mass is 10.1. The number of hydrogen-bond donors (Lipinski definition) is 1. The molecule has 0 spiro atoms. The molecule has 0 saturated carbocycles. The van der Waals surface area contributed by atoms with Gasteiger partial charge < -0.3 is 23.8 Å². The number of ether oxygens (including phenoxy) is 4. The van der Waals surface area contributed by atoms with E-state index in [0.29, 0.717) is 87.1 Å². The van der Waals surface area contributed by atoms with Crippen LogP contribution in [0.3, 0.4) is 0 Å². The molecule has 0 atom stereocenters. The zero-order valence-electron chi connectivity index (χ0n) is 31.1. The molecule has 0 radical (unpaired) electrons. The van der Waals surface area contributed by atoms with Crippen LogP contribution in [-0.2, 0) is 45.6 Å². The molecule has 0 fully saturated rings. The molecule has 0 unspecified atom stereocenters. The summed E-state index contributed by atoms with van der Waals surface area (Å²) in [7, 11) is -2.37. The highest BCUT2D eigenvalue weighted by atomic mass is 35.5. The monoisotopic (exact) mass is 923 g/mol. The van der Waals surface area contributed by atoms with Gasteiger partial charge in [0, 0.05) is 66.4 Å². The molecule has 306 valence electrons. The third kappa shape index (κ3) is 8.82. The molecular weight excluding hydrogens is 888 g/mol. The van der Waals surface area contributed by atoms with Gasteiger partial charge in [-0.3, -0.25) is 4.55 Å². The molecule has 12 nitrogen and oxygen atoms in total. The number of thiophene rings is 2. The highest BCUT2D eigenvalue weighted by molar-refractivity contribution is 7.88. The van der Waals surface area contributed by atoms with Crippen molar-refractivity contribution in [1.29, 1.82) is 0 Å². The summed E-state index contributed by atoms with van der Waals surface area (Å²) < 4.78 is 61.5. The maximum atomic E-state index is 12.0. The molecule has 0 saturated heterocycles. The number of nitrogens with zero attached hydrogens (tertiary/aromatic N) is 5. The zero-order valence-corrected chi connectivity index (χ0v) is 36.5. The maximum Gasteiger partial charge on any atom is 0.304 e. The Labute approximate surface area is 363 Å². The van der Waals surface area contributed by atoms with Crippen LogP contribution in [0.1, 0.15) is 35.4 Å². The van der Waals surface area contributed by atoms with Gasteiger partial charge in [-0.1, -0.05) is 46.4 Å². The first-order chi connectivity index (χ1) is 28.0. The fraction of sp³-hybridized carbons (Fsp3) is 0.333. The lowest BCUT2D eigenvalue weighted by Gasteiger charge is -2.16. The van der Waals surface area contributed by atoms with E-state index in [1.807, 2.05) is 28.3 Å². The number of fused-ring (bicyclic) bond motifs is 6. The summed E-state index contributed by atoms with van der Waals surface area (Å²) >= 11 is 28.2. The van der Waals surface area contributed by atoms with Gasteiger partial charge in [-0.2, -0.15) is 18.6 Å². The predicted octanol–water partition coefficient (Wildman–Crippen LogP) is 9.69. The lowest BCUT2D eigenvalue weighted by Crippen LogP contribution is -2.23. The Balaban J connectivity index is 0.859. The standard InChI is InChI=1S/C39H37Cl4N5O7S3/c1-46(11-2-13-52-21-29-25-8-15-54-33-10-17-56-38(33)36(25)47(44-29)31-6-4-23(40)18-27(31)42)12-3-14-53-22-30-26-9-16-55-34-20-35(58(49,50)51)57-39(34)37(26)48(45-30)32-7-5-24(41)19-28(32)43/h4-7,10,17-20H,2-3,8-9,11-16,21-22H2,1H3,(H,49,50,51). The van der Waals surface area contributed by atoms with Crippen LogP contribution in [-0.4, -0.2) is 84.0 Å². The summed E-state index contributed by atoms with van der Waals surface area (Å²) in [5.41, 5.74) is 6.42. The van der Waals surface area contributed by atoms with E-state index in [4.69, 9.17) is 75.5 Å². The molecule has 0 aliphatic carbocycles.